The minimum atomic E-state index is -0.576. The molecule has 4 heterocycles. The number of H-pyrrole nitrogens is 2. The van der Waals surface area contributed by atoms with Crippen LogP contribution in [0.25, 0.3) is 33.3 Å². The molecule has 0 spiro atoms. The fourth-order valence-electron chi connectivity index (χ4n) is 6.75. The first kappa shape index (κ1) is 35.6. The minimum absolute atomic E-state index is 0.127. The molecule has 10 nitrogen and oxygen atoms in total. The van der Waals surface area contributed by atoms with Gasteiger partial charge in [0.05, 0.1) is 29.8 Å². The lowest BCUT2D eigenvalue weighted by Gasteiger charge is -2.27. The van der Waals surface area contributed by atoms with Gasteiger partial charge < -0.3 is 19.4 Å². The second-order valence-electron chi connectivity index (χ2n) is 15.9. The zero-order valence-corrected chi connectivity index (χ0v) is 31.4. The van der Waals surface area contributed by atoms with Crippen LogP contribution in [0.4, 0.5) is 9.59 Å². The van der Waals surface area contributed by atoms with Crippen LogP contribution in [-0.4, -0.2) is 66.2 Å². The Balaban J connectivity index is 1.01. The highest BCUT2D eigenvalue weighted by molar-refractivity contribution is 5.88. The summed E-state index contributed by atoms with van der Waals surface area (Å²) in [5, 5.41) is 2.18. The number of hydrogen-bond donors (Lipinski definition) is 2. The molecule has 1 fully saturated rings. The van der Waals surface area contributed by atoms with Crippen molar-refractivity contribution in [3.8, 4) is 34.4 Å². The Labute approximate surface area is 310 Å². The number of aromatic amines is 2. The van der Waals surface area contributed by atoms with Crippen molar-refractivity contribution in [1.29, 1.82) is 0 Å². The summed E-state index contributed by atoms with van der Waals surface area (Å²) in [6, 6.07) is 20.1. The van der Waals surface area contributed by atoms with Gasteiger partial charge in [-0.1, -0.05) is 53.8 Å². The number of amides is 2. The number of carbonyl (C=O) groups excluding carboxylic acids is 2. The number of carbonyl (C=O) groups is 2. The molecule has 53 heavy (non-hydrogen) atoms. The molecule has 0 radical (unpaired) electrons. The number of rotatable bonds is 4. The van der Waals surface area contributed by atoms with Crippen LogP contribution >= 0.6 is 0 Å². The van der Waals surface area contributed by atoms with Crippen molar-refractivity contribution in [2.45, 2.75) is 84.6 Å². The molecule has 2 aliphatic rings. The van der Waals surface area contributed by atoms with Crippen LogP contribution < -0.4 is 0 Å². The highest BCUT2D eigenvalue weighted by Crippen LogP contribution is 2.34. The third kappa shape index (κ3) is 8.15. The summed E-state index contributed by atoms with van der Waals surface area (Å²) in [6.45, 7) is 14.4. The molecular weight excluding hydrogens is 665 g/mol. The van der Waals surface area contributed by atoms with E-state index < -0.39 is 11.2 Å². The van der Waals surface area contributed by atoms with Crippen molar-refractivity contribution in [3.05, 3.63) is 107 Å². The topological polar surface area (TPSA) is 116 Å². The first-order valence-corrected chi connectivity index (χ1v) is 18.1. The van der Waals surface area contributed by atoms with Crippen LogP contribution in [0.15, 0.2) is 84.7 Å². The molecule has 0 unspecified atom stereocenters. The second-order valence-corrected chi connectivity index (χ2v) is 15.9. The molecule has 0 saturated carbocycles. The van der Waals surface area contributed by atoms with Gasteiger partial charge in [0.2, 0.25) is 0 Å². The highest BCUT2D eigenvalue weighted by Gasteiger charge is 2.35. The lowest BCUT2D eigenvalue weighted by molar-refractivity contribution is 0.0213. The van der Waals surface area contributed by atoms with Gasteiger partial charge in [-0.15, -0.1) is 0 Å². The zero-order valence-electron chi connectivity index (χ0n) is 31.4. The summed E-state index contributed by atoms with van der Waals surface area (Å²) in [7, 11) is 0. The molecule has 5 aromatic rings. The SMILES string of the molecule is CC1=C[C@@H](c2ncc(-c3ccc4cc(C#Cc5ccc(-c6cnc([C@H]7CCCN7C(=O)OC(C)(C)C)[nH]6)cc5)ccc4c3)[nH]2)N(C(=O)OC(C)(C)C)C1. The van der Waals surface area contributed by atoms with Gasteiger partial charge in [0.1, 0.15) is 28.9 Å². The maximum Gasteiger partial charge on any atom is 0.411 e. The fraction of sp³-hybridized carbons (Fsp3) is 0.349. The fourth-order valence-corrected chi connectivity index (χ4v) is 6.75. The van der Waals surface area contributed by atoms with E-state index in [2.05, 4.69) is 68.2 Å². The number of imidazole rings is 2. The molecule has 0 bridgehead atoms. The summed E-state index contributed by atoms with van der Waals surface area (Å²) in [6.07, 6.45) is 6.79. The largest absolute Gasteiger partial charge is 0.444 e. The monoisotopic (exact) mass is 710 g/mol. The Bertz CT molecular complexity index is 2260. The number of ether oxygens (including phenoxy) is 2. The third-order valence-electron chi connectivity index (χ3n) is 9.19. The van der Waals surface area contributed by atoms with Crippen molar-refractivity contribution >= 4 is 23.0 Å². The van der Waals surface area contributed by atoms with E-state index in [9.17, 15) is 9.59 Å². The van der Waals surface area contributed by atoms with E-state index in [1.807, 2.05) is 91.2 Å². The number of nitrogens with zero attached hydrogens (tertiary/aromatic N) is 4. The standard InChI is InChI=1S/C43H46N6O4/c1-27-21-37(49(26-27)41(51)53-43(5,6)7)39-45-25-35(47-39)33-19-18-31-22-29(14-17-32(31)23-33)11-10-28-12-15-30(16-13-28)34-24-44-38(46-34)36-9-8-20-48(36)40(50)52-42(2,3)4/h12-19,21-25,36-37H,8-9,20,26H2,1-7H3,(H,44,46)(H,45,47)/t36-,37+/m1/s1. The molecule has 1 saturated heterocycles. The first-order valence-electron chi connectivity index (χ1n) is 18.1. The normalized spacial score (nSPS) is 17.5. The molecule has 7 rings (SSSR count). The van der Waals surface area contributed by atoms with E-state index in [0.29, 0.717) is 18.9 Å². The Kier molecular flexibility index (Phi) is 9.37. The van der Waals surface area contributed by atoms with Crippen LogP contribution in [0, 0.1) is 11.8 Å². The molecule has 2 aliphatic heterocycles. The molecule has 2 N–H and O–H groups in total. The van der Waals surface area contributed by atoms with E-state index in [0.717, 1.165) is 68.7 Å². The number of hydrogen-bond acceptors (Lipinski definition) is 6. The zero-order chi connectivity index (χ0) is 37.5. The van der Waals surface area contributed by atoms with Crippen molar-refractivity contribution in [1.82, 2.24) is 29.7 Å². The summed E-state index contributed by atoms with van der Waals surface area (Å²) >= 11 is 0. The van der Waals surface area contributed by atoms with Gasteiger partial charge >= 0.3 is 12.2 Å². The van der Waals surface area contributed by atoms with Crippen LogP contribution in [0.5, 0.6) is 0 Å². The van der Waals surface area contributed by atoms with Crippen LogP contribution in [0.2, 0.25) is 0 Å². The summed E-state index contributed by atoms with van der Waals surface area (Å²) < 4.78 is 11.3. The molecule has 272 valence electrons. The van der Waals surface area contributed by atoms with Gasteiger partial charge in [-0.05, 0) is 108 Å². The van der Waals surface area contributed by atoms with Crippen LogP contribution in [-0.2, 0) is 9.47 Å². The second kappa shape index (κ2) is 14.0. The average Bonchev–Trinajstić information content (AvgIpc) is 3.92. The number of fused-ring (bicyclic) bond motifs is 1. The lowest BCUT2D eigenvalue weighted by atomic mass is 10.0. The van der Waals surface area contributed by atoms with Crippen molar-refractivity contribution in [3.63, 3.8) is 0 Å². The number of benzene rings is 3. The first-order chi connectivity index (χ1) is 25.2. The molecule has 3 aromatic carbocycles. The van der Waals surface area contributed by atoms with E-state index in [1.54, 1.807) is 9.80 Å². The van der Waals surface area contributed by atoms with E-state index in [1.165, 1.54) is 0 Å². The predicted molar refractivity (Wildman–Crippen MR) is 206 cm³/mol. The highest BCUT2D eigenvalue weighted by atomic mass is 16.6. The Morgan fingerprint density at radius 1 is 0.736 bits per heavy atom. The maximum absolute atomic E-state index is 12.9. The molecule has 2 atom stereocenters. The van der Waals surface area contributed by atoms with E-state index >= 15 is 0 Å². The smallest absolute Gasteiger partial charge is 0.411 e. The van der Waals surface area contributed by atoms with E-state index in [-0.39, 0.29) is 24.3 Å². The van der Waals surface area contributed by atoms with E-state index in [4.69, 9.17) is 9.47 Å². The Morgan fingerprint density at radius 3 is 2.02 bits per heavy atom. The maximum atomic E-state index is 12.9. The van der Waals surface area contributed by atoms with Crippen LogP contribution in [0.1, 0.15) is 96.2 Å². The third-order valence-corrected chi connectivity index (χ3v) is 9.19. The van der Waals surface area contributed by atoms with Crippen molar-refractivity contribution in [2.24, 2.45) is 0 Å². The number of nitrogens with one attached hydrogen (secondary N) is 2. The number of likely N-dealkylation sites (tertiary alicyclic amines) is 1. The van der Waals surface area contributed by atoms with Crippen LogP contribution in [0.3, 0.4) is 0 Å². The average molecular weight is 711 g/mol. The van der Waals surface area contributed by atoms with Gasteiger partial charge in [-0.25, -0.2) is 19.6 Å². The summed E-state index contributed by atoms with van der Waals surface area (Å²) in [5.41, 5.74) is 5.58. The van der Waals surface area contributed by atoms with Gasteiger partial charge in [0.15, 0.2) is 0 Å². The number of aromatic nitrogens is 4. The van der Waals surface area contributed by atoms with Gasteiger partial charge in [0.25, 0.3) is 0 Å². The molecule has 2 amide bonds. The van der Waals surface area contributed by atoms with Gasteiger partial charge in [-0.3, -0.25) is 9.80 Å². The quantitative estimate of drug-likeness (QED) is 0.142. The Morgan fingerprint density at radius 2 is 1.30 bits per heavy atom. The lowest BCUT2D eigenvalue weighted by Crippen LogP contribution is -2.37. The van der Waals surface area contributed by atoms with Gasteiger partial charge in [-0.2, -0.15) is 0 Å². The van der Waals surface area contributed by atoms with Crippen molar-refractivity contribution in [2.75, 3.05) is 13.1 Å². The summed E-state index contributed by atoms with van der Waals surface area (Å²) in [5.74, 6) is 8.08. The molecular formula is C43H46N6O4. The Hall–Kier alpha value is -5.82. The van der Waals surface area contributed by atoms with Crippen molar-refractivity contribution < 1.29 is 19.1 Å². The molecule has 0 aliphatic carbocycles. The molecule has 10 heteroatoms. The minimum Gasteiger partial charge on any atom is -0.444 e. The van der Waals surface area contributed by atoms with Gasteiger partial charge in [0, 0.05) is 29.8 Å². The summed E-state index contributed by atoms with van der Waals surface area (Å²) in [4.78, 5) is 45.3. The molecule has 2 aromatic heterocycles. The predicted octanol–water partition coefficient (Wildman–Crippen LogP) is 9.33.